The Morgan fingerprint density at radius 2 is 2.20 bits per heavy atom. The Kier molecular flexibility index (Phi) is 4.03. The maximum Gasteiger partial charge on any atom is 0.348 e. The van der Waals surface area contributed by atoms with Crippen LogP contribution in [-0.2, 0) is 24.2 Å². The predicted molar refractivity (Wildman–Crippen MR) is 79.3 cm³/mol. The number of aromatic nitrogens is 1. The van der Waals surface area contributed by atoms with E-state index in [-0.39, 0.29) is 12.6 Å². The van der Waals surface area contributed by atoms with E-state index in [1.807, 2.05) is 12.1 Å². The van der Waals surface area contributed by atoms with Crippen LogP contribution in [0.25, 0.3) is 0 Å². The average molecular weight is 308 g/mol. The third-order valence-corrected chi connectivity index (χ3v) is 4.80. The smallest absolute Gasteiger partial charge is 0.348 e. The van der Waals surface area contributed by atoms with Crippen molar-refractivity contribution < 1.29 is 9.53 Å². The standard InChI is InChI=1S/C15H14ClNO2S/c16-14-6-5-10(8-17-14)9-19-15(18)13-7-11-3-1-2-4-12(11)20-13/h5-8H,1-4,9H2. The van der Waals surface area contributed by atoms with E-state index in [0.29, 0.717) is 10.0 Å². The van der Waals surface area contributed by atoms with Gasteiger partial charge in [-0.2, -0.15) is 0 Å². The lowest BCUT2D eigenvalue weighted by atomic mass is 9.99. The van der Waals surface area contributed by atoms with Gasteiger partial charge in [0, 0.05) is 16.6 Å². The molecule has 104 valence electrons. The van der Waals surface area contributed by atoms with Crippen molar-refractivity contribution in [3.8, 4) is 0 Å². The zero-order chi connectivity index (χ0) is 13.9. The number of carbonyl (C=O) groups is 1. The molecule has 0 radical (unpaired) electrons. The molecule has 0 spiro atoms. The number of carbonyl (C=O) groups excluding carboxylic acids is 1. The van der Waals surface area contributed by atoms with Crippen molar-refractivity contribution in [1.29, 1.82) is 0 Å². The second-order valence-electron chi connectivity index (χ2n) is 4.83. The lowest BCUT2D eigenvalue weighted by Crippen LogP contribution is -2.03. The maximum atomic E-state index is 12.0. The Morgan fingerprint density at radius 3 is 2.95 bits per heavy atom. The number of halogens is 1. The number of nitrogens with zero attached hydrogens (tertiary/aromatic N) is 1. The number of ether oxygens (including phenoxy) is 1. The molecule has 0 saturated carbocycles. The fourth-order valence-corrected chi connectivity index (χ4v) is 3.56. The summed E-state index contributed by atoms with van der Waals surface area (Å²) in [5.41, 5.74) is 2.16. The first-order chi connectivity index (χ1) is 9.72. The van der Waals surface area contributed by atoms with Crippen molar-refractivity contribution >= 4 is 28.9 Å². The summed E-state index contributed by atoms with van der Waals surface area (Å²) in [4.78, 5) is 18.1. The number of fused-ring (bicyclic) bond motifs is 1. The van der Waals surface area contributed by atoms with Crippen LogP contribution in [0.5, 0.6) is 0 Å². The molecule has 0 atom stereocenters. The lowest BCUT2D eigenvalue weighted by molar-refractivity contribution is 0.0478. The first kappa shape index (κ1) is 13.6. The molecular formula is C15H14ClNO2S. The van der Waals surface area contributed by atoms with Crippen LogP contribution in [0.15, 0.2) is 24.4 Å². The Morgan fingerprint density at radius 1 is 1.35 bits per heavy atom. The number of thiophene rings is 1. The molecule has 0 unspecified atom stereocenters. The molecule has 3 rings (SSSR count). The van der Waals surface area contributed by atoms with Gasteiger partial charge >= 0.3 is 5.97 Å². The van der Waals surface area contributed by atoms with Gasteiger partial charge in [-0.1, -0.05) is 17.7 Å². The van der Waals surface area contributed by atoms with Crippen LogP contribution in [0.1, 0.15) is 38.5 Å². The molecule has 1 aliphatic rings. The molecule has 0 aromatic carbocycles. The quantitative estimate of drug-likeness (QED) is 0.635. The van der Waals surface area contributed by atoms with E-state index in [1.54, 1.807) is 23.6 Å². The summed E-state index contributed by atoms with van der Waals surface area (Å²) in [5.74, 6) is -0.251. The van der Waals surface area contributed by atoms with Gasteiger partial charge in [0.25, 0.3) is 0 Å². The van der Waals surface area contributed by atoms with Crippen molar-refractivity contribution in [2.75, 3.05) is 0 Å². The van der Waals surface area contributed by atoms with Crippen LogP contribution in [0.4, 0.5) is 0 Å². The number of esters is 1. The number of pyridine rings is 1. The van der Waals surface area contributed by atoms with Crippen LogP contribution in [0.3, 0.4) is 0 Å². The molecular weight excluding hydrogens is 294 g/mol. The van der Waals surface area contributed by atoms with Crippen molar-refractivity contribution in [2.45, 2.75) is 32.3 Å². The molecule has 0 fully saturated rings. The summed E-state index contributed by atoms with van der Waals surface area (Å²) >= 11 is 7.28. The highest BCUT2D eigenvalue weighted by molar-refractivity contribution is 7.14. The second kappa shape index (κ2) is 5.94. The largest absolute Gasteiger partial charge is 0.457 e. The minimum Gasteiger partial charge on any atom is -0.457 e. The first-order valence-corrected chi connectivity index (χ1v) is 7.81. The lowest BCUT2D eigenvalue weighted by Gasteiger charge is -2.08. The molecule has 2 aromatic rings. The highest BCUT2D eigenvalue weighted by atomic mass is 35.5. The van der Waals surface area contributed by atoms with Gasteiger partial charge in [-0.25, -0.2) is 9.78 Å². The monoisotopic (exact) mass is 307 g/mol. The van der Waals surface area contributed by atoms with Gasteiger partial charge in [-0.05, 0) is 43.4 Å². The van der Waals surface area contributed by atoms with Crippen molar-refractivity contribution in [1.82, 2.24) is 4.98 Å². The van der Waals surface area contributed by atoms with E-state index in [4.69, 9.17) is 16.3 Å². The molecule has 0 N–H and O–H groups in total. The van der Waals surface area contributed by atoms with Gasteiger partial charge in [0.05, 0.1) is 0 Å². The highest BCUT2D eigenvalue weighted by Gasteiger charge is 2.18. The fraction of sp³-hybridized carbons (Fsp3) is 0.333. The fourth-order valence-electron chi connectivity index (χ4n) is 2.30. The topological polar surface area (TPSA) is 39.2 Å². The molecule has 2 aromatic heterocycles. The van der Waals surface area contributed by atoms with E-state index in [2.05, 4.69) is 4.98 Å². The molecule has 3 nitrogen and oxygen atoms in total. The SMILES string of the molecule is O=C(OCc1ccc(Cl)nc1)c1cc2c(s1)CCCC2. The first-order valence-electron chi connectivity index (χ1n) is 6.61. The van der Waals surface area contributed by atoms with E-state index in [9.17, 15) is 4.79 Å². The third kappa shape index (κ3) is 3.02. The van der Waals surface area contributed by atoms with Gasteiger partial charge in [0.2, 0.25) is 0 Å². The summed E-state index contributed by atoms with van der Waals surface area (Å²) in [6.45, 7) is 0.228. The van der Waals surface area contributed by atoms with E-state index >= 15 is 0 Å². The van der Waals surface area contributed by atoms with Crippen LogP contribution >= 0.6 is 22.9 Å². The van der Waals surface area contributed by atoms with Gasteiger partial charge in [0.15, 0.2) is 0 Å². The number of rotatable bonds is 3. The minimum absolute atomic E-state index is 0.228. The predicted octanol–water partition coefficient (Wildman–Crippen LogP) is 4.03. The minimum atomic E-state index is -0.251. The zero-order valence-electron chi connectivity index (χ0n) is 10.9. The van der Waals surface area contributed by atoms with Crippen molar-refractivity contribution in [3.05, 3.63) is 50.4 Å². The summed E-state index contributed by atoms with van der Waals surface area (Å²) in [5, 5.41) is 0.436. The Balaban J connectivity index is 1.64. The molecule has 1 aliphatic carbocycles. The molecule has 20 heavy (non-hydrogen) atoms. The Hall–Kier alpha value is -1.39. The Bertz CT molecular complexity index is 598. The number of hydrogen-bond donors (Lipinski definition) is 0. The van der Waals surface area contributed by atoms with Crippen LogP contribution in [-0.4, -0.2) is 11.0 Å². The molecule has 0 aliphatic heterocycles. The van der Waals surface area contributed by atoms with Gasteiger partial charge in [0.1, 0.15) is 16.6 Å². The molecule has 0 saturated heterocycles. The summed E-state index contributed by atoms with van der Waals surface area (Å²) in [6, 6.07) is 5.48. The summed E-state index contributed by atoms with van der Waals surface area (Å²) in [6.07, 6.45) is 6.23. The van der Waals surface area contributed by atoms with Crippen LogP contribution < -0.4 is 0 Å². The second-order valence-corrected chi connectivity index (χ2v) is 6.36. The summed E-state index contributed by atoms with van der Waals surface area (Å²) < 4.78 is 5.32. The normalized spacial score (nSPS) is 13.8. The average Bonchev–Trinajstić information content (AvgIpc) is 2.90. The van der Waals surface area contributed by atoms with Gasteiger partial charge in [-0.3, -0.25) is 0 Å². The molecule has 5 heteroatoms. The van der Waals surface area contributed by atoms with Gasteiger partial charge in [-0.15, -0.1) is 11.3 Å². The van der Waals surface area contributed by atoms with Crippen molar-refractivity contribution in [2.24, 2.45) is 0 Å². The van der Waals surface area contributed by atoms with Gasteiger partial charge < -0.3 is 4.74 Å². The summed E-state index contributed by atoms with van der Waals surface area (Å²) in [7, 11) is 0. The Labute approximate surface area is 126 Å². The van der Waals surface area contributed by atoms with E-state index < -0.39 is 0 Å². The molecule has 2 heterocycles. The number of aryl methyl sites for hydroxylation is 2. The molecule has 0 amide bonds. The van der Waals surface area contributed by atoms with Crippen molar-refractivity contribution in [3.63, 3.8) is 0 Å². The third-order valence-electron chi connectivity index (χ3n) is 3.36. The van der Waals surface area contributed by atoms with Crippen LogP contribution in [0, 0.1) is 0 Å². The molecule has 0 bridgehead atoms. The van der Waals surface area contributed by atoms with Crippen LogP contribution in [0.2, 0.25) is 5.15 Å². The zero-order valence-corrected chi connectivity index (χ0v) is 12.5. The van der Waals surface area contributed by atoms with E-state index in [1.165, 1.54) is 23.3 Å². The highest BCUT2D eigenvalue weighted by Crippen LogP contribution is 2.30. The van der Waals surface area contributed by atoms with E-state index in [0.717, 1.165) is 18.4 Å². The maximum absolute atomic E-state index is 12.0. The number of hydrogen-bond acceptors (Lipinski definition) is 4.